The van der Waals surface area contributed by atoms with Gasteiger partial charge < -0.3 is 9.73 Å². The van der Waals surface area contributed by atoms with Gasteiger partial charge in [-0.1, -0.05) is 25.1 Å². The van der Waals surface area contributed by atoms with Crippen molar-refractivity contribution in [3.63, 3.8) is 0 Å². The average Bonchev–Trinajstić information content (AvgIpc) is 2.78. The highest BCUT2D eigenvalue weighted by atomic mass is 19.1. The zero-order chi connectivity index (χ0) is 13.0. The predicted molar refractivity (Wildman–Crippen MR) is 70.0 cm³/mol. The van der Waals surface area contributed by atoms with Gasteiger partial charge in [0.2, 0.25) is 0 Å². The fraction of sp³-hybridized carbons (Fsp3) is 0.333. The van der Waals surface area contributed by atoms with Crippen LogP contribution in [0.2, 0.25) is 0 Å². The number of nitrogens with one attached hydrogen (secondary N) is 1. The smallest absolute Gasteiger partial charge is 0.126 e. The molecule has 0 aliphatic rings. The van der Waals surface area contributed by atoms with Crippen molar-refractivity contribution in [2.75, 3.05) is 6.54 Å². The lowest BCUT2D eigenvalue weighted by atomic mass is 10.0. The van der Waals surface area contributed by atoms with Gasteiger partial charge >= 0.3 is 0 Å². The molecule has 0 saturated carbocycles. The molecule has 18 heavy (non-hydrogen) atoms. The van der Waals surface area contributed by atoms with Gasteiger partial charge in [0.1, 0.15) is 17.3 Å². The van der Waals surface area contributed by atoms with Crippen LogP contribution in [-0.4, -0.2) is 6.54 Å². The predicted octanol–water partition coefficient (Wildman–Crippen LogP) is 3.62. The molecule has 0 spiro atoms. The van der Waals surface area contributed by atoms with E-state index in [4.69, 9.17) is 4.42 Å². The Balaban J connectivity index is 2.19. The fourth-order valence-electron chi connectivity index (χ4n) is 2.04. The molecule has 1 unspecified atom stereocenters. The molecular weight excluding hydrogens is 229 g/mol. The molecule has 0 aliphatic carbocycles. The van der Waals surface area contributed by atoms with E-state index in [0.29, 0.717) is 12.0 Å². The summed E-state index contributed by atoms with van der Waals surface area (Å²) in [7, 11) is 0. The third kappa shape index (κ3) is 2.99. The third-order valence-corrected chi connectivity index (χ3v) is 2.94. The van der Waals surface area contributed by atoms with Gasteiger partial charge in [-0.15, -0.1) is 0 Å². The zero-order valence-electron chi connectivity index (χ0n) is 10.7. The number of furan rings is 1. The summed E-state index contributed by atoms with van der Waals surface area (Å²) >= 11 is 0. The Labute approximate surface area is 107 Å². The normalized spacial score (nSPS) is 12.6. The van der Waals surface area contributed by atoms with Gasteiger partial charge in [-0.2, -0.15) is 0 Å². The van der Waals surface area contributed by atoms with E-state index in [1.54, 1.807) is 6.07 Å². The van der Waals surface area contributed by atoms with Crippen molar-refractivity contribution in [2.45, 2.75) is 26.3 Å². The van der Waals surface area contributed by atoms with Crippen molar-refractivity contribution in [1.29, 1.82) is 0 Å². The van der Waals surface area contributed by atoms with Crippen molar-refractivity contribution in [1.82, 2.24) is 5.32 Å². The number of halogens is 1. The van der Waals surface area contributed by atoms with Crippen LogP contribution >= 0.6 is 0 Å². The van der Waals surface area contributed by atoms with Crippen LogP contribution in [0.5, 0.6) is 0 Å². The van der Waals surface area contributed by atoms with Crippen molar-refractivity contribution in [3.05, 3.63) is 59.3 Å². The molecule has 1 aromatic heterocycles. The fourth-order valence-corrected chi connectivity index (χ4v) is 2.04. The Kier molecular flexibility index (Phi) is 4.15. The van der Waals surface area contributed by atoms with Crippen LogP contribution in [0.3, 0.4) is 0 Å². The second kappa shape index (κ2) is 5.83. The second-order valence-corrected chi connectivity index (χ2v) is 4.35. The molecule has 0 amide bonds. The standard InChI is InChI=1S/C15H18FNO/c1-3-17-14(15-9-8-11(2)18-15)10-12-6-4-5-7-13(12)16/h4-9,14,17H,3,10H2,1-2H3. The lowest BCUT2D eigenvalue weighted by Crippen LogP contribution is -2.22. The summed E-state index contributed by atoms with van der Waals surface area (Å²) in [6, 6.07) is 10.8. The molecule has 2 rings (SSSR count). The van der Waals surface area contributed by atoms with Gasteiger partial charge in [0.25, 0.3) is 0 Å². The molecule has 1 heterocycles. The van der Waals surface area contributed by atoms with Crippen LogP contribution in [0.4, 0.5) is 4.39 Å². The monoisotopic (exact) mass is 247 g/mol. The van der Waals surface area contributed by atoms with Gasteiger partial charge in [-0.3, -0.25) is 0 Å². The number of benzene rings is 1. The quantitative estimate of drug-likeness (QED) is 0.873. The van der Waals surface area contributed by atoms with Crippen molar-refractivity contribution >= 4 is 0 Å². The summed E-state index contributed by atoms with van der Waals surface area (Å²) in [6.07, 6.45) is 0.591. The molecule has 0 saturated heterocycles. The summed E-state index contributed by atoms with van der Waals surface area (Å²) in [5.41, 5.74) is 0.706. The molecule has 1 N–H and O–H groups in total. The van der Waals surface area contributed by atoms with Crippen LogP contribution in [0, 0.1) is 12.7 Å². The van der Waals surface area contributed by atoms with Crippen LogP contribution in [0.15, 0.2) is 40.8 Å². The van der Waals surface area contributed by atoms with Gasteiger partial charge in [-0.25, -0.2) is 4.39 Å². The van der Waals surface area contributed by atoms with Crippen LogP contribution < -0.4 is 5.32 Å². The van der Waals surface area contributed by atoms with Gasteiger partial charge in [0, 0.05) is 0 Å². The Morgan fingerprint density at radius 1 is 1.22 bits per heavy atom. The molecule has 96 valence electrons. The molecule has 0 radical (unpaired) electrons. The van der Waals surface area contributed by atoms with Crippen LogP contribution in [0.25, 0.3) is 0 Å². The topological polar surface area (TPSA) is 25.2 Å². The molecule has 0 bridgehead atoms. The van der Waals surface area contributed by atoms with Gasteiger partial charge in [-0.05, 0) is 43.7 Å². The zero-order valence-corrected chi connectivity index (χ0v) is 10.7. The number of rotatable bonds is 5. The highest BCUT2D eigenvalue weighted by Gasteiger charge is 2.16. The maximum absolute atomic E-state index is 13.7. The number of hydrogen-bond donors (Lipinski definition) is 1. The molecule has 0 fully saturated rings. The maximum atomic E-state index is 13.7. The molecule has 2 nitrogen and oxygen atoms in total. The summed E-state index contributed by atoms with van der Waals surface area (Å²) in [5, 5.41) is 3.33. The van der Waals surface area contributed by atoms with Crippen molar-refractivity contribution in [2.24, 2.45) is 0 Å². The van der Waals surface area contributed by atoms with Crippen molar-refractivity contribution < 1.29 is 8.81 Å². The largest absolute Gasteiger partial charge is 0.465 e. The van der Waals surface area contributed by atoms with E-state index in [9.17, 15) is 4.39 Å². The van der Waals surface area contributed by atoms with Gasteiger partial charge in [0.15, 0.2) is 0 Å². The Hall–Kier alpha value is -1.61. The van der Waals surface area contributed by atoms with E-state index in [-0.39, 0.29) is 11.9 Å². The summed E-state index contributed by atoms with van der Waals surface area (Å²) in [4.78, 5) is 0. The van der Waals surface area contributed by atoms with E-state index in [1.165, 1.54) is 6.07 Å². The molecule has 1 atom stereocenters. The summed E-state index contributed by atoms with van der Waals surface area (Å²) in [5.74, 6) is 1.57. The first-order chi connectivity index (χ1) is 8.70. The van der Waals surface area contributed by atoms with Crippen molar-refractivity contribution in [3.8, 4) is 0 Å². The van der Waals surface area contributed by atoms with E-state index < -0.39 is 0 Å². The minimum Gasteiger partial charge on any atom is -0.465 e. The maximum Gasteiger partial charge on any atom is 0.126 e. The second-order valence-electron chi connectivity index (χ2n) is 4.35. The Bertz CT molecular complexity index is 507. The first-order valence-corrected chi connectivity index (χ1v) is 6.24. The first kappa shape index (κ1) is 12.8. The first-order valence-electron chi connectivity index (χ1n) is 6.24. The van der Waals surface area contributed by atoms with Crippen LogP contribution in [-0.2, 0) is 6.42 Å². The molecule has 0 aliphatic heterocycles. The van der Waals surface area contributed by atoms with E-state index in [1.807, 2.05) is 38.1 Å². The lowest BCUT2D eigenvalue weighted by Gasteiger charge is -2.16. The molecule has 1 aromatic carbocycles. The van der Waals surface area contributed by atoms with Crippen LogP contribution in [0.1, 0.15) is 30.0 Å². The average molecular weight is 247 g/mol. The molecule has 2 aromatic rings. The Morgan fingerprint density at radius 2 is 2.00 bits per heavy atom. The Morgan fingerprint density at radius 3 is 2.61 bits per heavy atom. The molecular formula is C15H18FNO. The van der Waals surface area contributed by atoms with E-state index in [2.05, 4.69) is 5.32 Å². The number of aryl methyl sites for hydroxylation is 1. The molecule has 3 heteroatoms. The highest BCUT2D eigenvalue weighted by Crippen LogP contribution is 2.22. The highest BCUT2D eigenvalue weighted by molar-refractivity contribution is 5.21. The minimum atomic E-state index is -0.163. The minimum absolute atomic E-state index is 0.0144. The number of hydrogen-bond acceptors (Lipinski definition) is 2. The third-order valence-electron chi connectivity index (χ3n) is 2.94. The van der Waals surface area contributed by atoms with Gasteiger partial charge in [0.05, 0.1) is 6.04 Å². The summed E-state index contributed by atoms with van der Waals surface area (Å²) < 4.78 is 19.3. The SMILES string of the molecule is CCNC(Cc1ccccc1F)c1ccc(C)o1. The van der Waals surface area contributed by atoms with E-state index in [0.717, 1.165) is 18.1 Å². The van der Waals surface area contributed by atoms with E-state index >= 15 is 0 Å². The lowest BCUT2D eigenvalue weighted by molar-refractivity contribution is 0.400. The summed E-state index contributed by atoms with van der Waals surface area (Å²) in [6.45, 7) is 4.76. The number of likely N-dealkylation sites (N-methyl/N-ethyl adjacent to an activating group) is 1.